The van der Waals surface area contributed by atoms with E-state index in [2.05, 4.69) is 10.4 Å². The first-order valence-corrected chi connectivity index (χ1v) is 8.64. The van der Waals surface area contributed by atoms with Crippen molar-refractivity contribution in [3.63, 3.8) is 0 Å². The Hall–Kier alpha value is -2.36. The molecule has 0 bridgehead atoms. The van der Waals surface area contributed by atoms with Gasteiger partial charge < -0.3 is 5.32 Å². The Labute approximate surface area is 161 Å². The van der Waals surface area contributed by atoms with Crippen LogP contribution in [0.2, 0.25) is 0 Å². The summed E-state index contributed by atoms with van der Waals surface area (Å²) in [6.45, 7) is 1.70. The lowest BCUT2D eigenvalue weighted by Gasteiger charge is -2.12. The van der Waals surface area contributed by atoms with Crippen molar-refractivity contribution in [2.24, 2.45) is 0 Å². The fourth-order valence-electron chi connectivity index (χ4n) is 2.43. The lowest BCUT2D eigenvalue weighted by molar-refractivity contribution is -0.137. The first kappa shape index (κ1) is 18.4. The fraction of sp³-hybridized carbons (Fsp3) is 0.111. The van der Waals surface area contributed by atoms with Gasteiger partial charge in [-0.05, 0) is 59.8 Å². The Bertz CT molecular complexity index is 966. The molecule has 4 nitrogen and oxygen atoms in total. The molecular weight excluding hydrogens is 458 g/mol. The summed E-state index contributed by atoms with van der Waals surface area (Å²) in [5.41, 5.74) is 0.479. The zero-order chi connectivity index (χ0) is 18.9. The quantitative estimate of drug-likeness (QED) is 0.544. The molecule has 0 aliphatic heterocycles. The monoisotopic (exact) mass is 471 g/mol. The highest BCUT2D eigenvalue weighted by atomic mass is 127. The molecule has 2 aromatic carbocycles. The number of hydrogen-bond donors (Lipinski definition) is 1. The van der Waals surface area contributed by atoms with Gasteiger partial charge in [-0.2, -0.15) is 18.3 Å². The molecule has 26 heavy (non-hydrogen) atoms. The minimum atomic E-state index is -4.46. The second-order valence-electron chi connectivity index (χ2n) is 5.56. The van der Waals surface area contributed by atoms with Crippen LogP contribution in [0, 0.1) is 10.5 Å². The number of hydrogen-bond acceptors (Lipinski definition) is 2. The van der Waals surface area contributed by atoms with Crippen LogP contribution in [0.15, 0.2) is 54.6 Å². The highest BCUT2D eigenvalue weighted by Crippen LogP contribution is 2.31. The SMILES string of the molecule is Cc1cc(NC(=O)c2ccccc2I)n(-c2cccc(C(F)(F)F)c2)n1. The third-order valence-corrected chi connectivity index (χ3v) is 4.55. The molecule has 0 saturated heterocycles. The predicted octanol–water partition coefficient (Wildman–Crippen LogP) is 5.06. The Kier molecular flexibility index (Phi) is 5.03. The van der Waals surface area contributed by atoms with Crippen LogP contribution in [0.4, 0.5) is 19.0 Å². The smallest absolute Gasteiger partial charge is 0.306 e. The molecule has 8 heteroatoms. The summed E-state index contributed by atoms with van der Waals surface area (Å²) in [6.07, 6.45) is -4.46. The van der Waals surface area contributed by atoms with E-state index in [0.29, 0.717) is 17.1 Å². The summed E-state index contributed by atoms with van der Waals surface area (Å²) >= 11 is 2.05. The molecule has 0 radical (unpaired) electrons. The van der Waals surface area contributed by atoms with Gasteiger partial charge in [0.25, 0.3) is 5.91 Å². The molecule has 0 atom stereocenters. The molecule has 0 aliphatic rings. The Morgan fingerprint density at radius 2 is 1.85 bits per heavy atom. The van der Waals surface area contributed by atoms with Gasteiger partial charge in [-0.3, -0.25) is 4.79 Å². The Morgan fingerprint density at radius 1 is 1.12 bits per heavy atom. The van der Waals surface area contributed by atoms with Crippen LogP contribution >= 0.6 is 22.6 Å². The fourth-order valence-corrected chi connectivity index (χ4v) is 3.06. The normalized spacial score (nSPS) is 11.4. The number of carbonyl (C=O) groups excluding carboxylic acids is 1. The van der Waals surface area contributed by atoms with Crippen LogP contribution < -0.4 is 5.32 Å². The van der Waals surface area contributed by atoms with Crippen molar-refractivity contribution in [2.45, 2.75) is 13.1 Å². The maximum atomic E-state index is 13.0. The van der Waals surface area contributed by atoms with Crippen molar-refractivity contribution in [3.8, 4) is 5.69 Å². The number of amides is 1. The van der Waals surface area contributed by atoms with Gasteiger partial charge in [0.15, 0.2) is 0 Å². The number of nitrogens with one attached hydrogen (secondary N) is 1. The number of nitrogens with zero attached hydrogens (tertiary/aromatic N) is 2. The lowest BCUT2D eigenvalue weighted by Crippen LogP contribution is -2.16. The summed E-state index contributed by atoms with van der Waals surface area (Å²) < 4.78 is 41.0. The van der Waals surface area contributed by atoms with Gasteiger partial charge in [-0.1, -0.05) is 18.2 Å². The highest BCUT2D eigenvalue weighted by molar-refractivity contribution is 14.1. The number of aromatic nitrogens is 2. The molecule has 0 unspecified atom stereocenters. The van der Waals surface area contributed by atoms with E-state index in [9.17, 15) is 18.0 Å². The second kappa shape index (κ2) is 7.10. The van der Waals surface area contributed by atoms with Crippen molar-refractivity contribution in [1.29, 1.82) is 0 Å². The Morgan fingerprint density at radius 3 is 2.54 bits per heavy atom. The number of alkyl halides is 3. The number of rotatable bonds is 3. The molecule has 3 rings (SSSR count). The number of aryl methyl sites for hydroxylation is 1. The summed E-state index contributed by atoms with van der Waals surface area (Å²) in [5, 5.41) is 6.93. The second-order valence-corrected chi connectivity index (χ2v) is 6.73. The van der Waals surface area contributed by atoms with E-state index in [4.69, 9.17) is 0 Å². The van der Waals surface area contributed by atoms with Crippen molar-refractivity contribution in [2.75, 3.05) is 5.32 Å². The average Bonchev–Trinajstić information content (AvgIpc) is 2.95. The van der Waals surface area contributed by atoms with Crippen LogP contribution in [0.1, 0.15) is 21.6 Å². The van der Waals surface area contributed by atoms with Crippen molar-refractivity contribution in [3.05, 3.63) is 75.0 Å². The number of benzene rings is 2. The Balaban J connectivity index is 1.97. The summed E-state index contributed by atoms with van der Waals surface area (Å²) in [4.78, 5) is 12.5. The average molecular weight is 471 g/mol. The summed E-state index contributed by atoms with van der Waals surface area (Å²) in [6, 6.07) is 13.4. The molecule has 1 amide bonds. The van der Waals surface area contributed by atoms with Gasteiger partial charge in [0, 0.05) is 9.64 Å². The van der Waals surface area contributed by atoms with E-state index in [1.807, 2.05) is 28.7 Å². The van der Waals surface area contributed by atoms with Gasteiger partial charge in [0.1, 0.15) is 5.82 Å². The van der Waals surface area contributed by atoms with Gasteiger partial charge in [-0.15, -0.1) is 0 Å². The molecule has 134 valence electrons. The lowest BCUT2D eigenvalue weighted by atomic mass is 10.2. The maximum Gasteiger partial charge on any atom is 0.416 e. The van der Waals surface area contributed by atoms with E-state index >= 15 is 0 Å². The van der Waals surface area contributed by atoms with Gasteiger partial charge in [0.2, 0.25) is 0 Å². The van der Waals surface area contributed by atoms with Gasteiger partial charge in [-0.25, -0.2) is 4.68 Å². The highest BCUT2D eigenvalue weighted by Gasteiger charge is 2.30. The molecule has 3 aromatic rings. The number of anilines is 1. The predicted molar refractivity (Wildman–Crippen MR) is 100 cm³/mol. The van der Waals surface area contributed by atoms with Crippen molar-refractivity contribution < 1.29 is 18.0 Å². The summed E-state index contributed by atoms with van der Waals surface area (Å²) in [7, 11) is 0. The molecular formula is C18H13F3IN3O. The van der Waals surface area contributed by atoms with Gasteiger partial charge >= 0.3 is 6.18 Å². The molecule has 0 spiro atoms. The largest absolute Gasteiger partial charge is 0.416 e. The zero-order valence-electron chi connectivity index (χ0n) is 13.5. The van der Waals surface area contributed by atoms with Crippen LogP contribution in [0.3, 0.4) is 0 Å². The first-order chi connectivity index (χ1) is 12.3. The molecule has 1 aromatic heterocycles. The van der Waals surface area contributed by atoms with Crippen LogP contribution in [-0.2, 0) is 6.18 Å². The molecule has 0 saturated carbocycles. The molecule has 1 N–H and O–H groups in total. The maximum absolute atomic E-state index is 13.0. The number of carbonyl (C=O) groups is 1. The molecule has 0 fully saturated rings. The first-order valence-electron chi connectivity index (χ1n) is 7.56. The summed E-state index contributed by atoms with van der Waals surface area (Å²) in [5.74, 6) is -0.0606. The van der Waals surface area contributed by atoms with E-state index in [1.165, 1.54) is 16.8 Å². The zero-order valence-corrected chi connectivity index (χ0v) is 15.7. The van der Waals surface area contributed by atoms with Crippen molar-refractivity contribution in [1.82, 2.24) is 9.78 Å². The minimum absolute atomic E-state index is 0.214. The molecule has 0 aliphatic carbocycles. The molecule has 1 heterocycles. The van der Waals surface area contributed by atoms with E-state index in [0.717, 1.165) is 15.7 Å². The topological polar surface area (TPSA) is 46.9 Å². The van der Waals surface area contributed by atoms with Gasteiger partial charge in [0.05, 0.1) is 22.5 Å². The van der Waals surface area contributed by atoms with E-state index in [-0.39, 0.29) is 11.6 Å². The van der Waals surface area contributed by atoms with Crippen molar-refractivity contribution >= 4 is 34.3 Å². The van der Waals surface area contributed by atoms with Crippen LogP contribution in [0.5, 0.6) is 0 Å². The minimum Gasteiger partial charge on any atom is -0.306 e. The van der Waals surface area contributed by atoms with E-state index < -0.39 is 11.7 Å². The third kappa shape index (κ3) is 3.90. The third-order valence-electron chi connectivity index (χ3n) is 3.61. The number of halogens is 4. The van der Waals surface area contributed by atoms with E-state index in [1.54, 1.807) is 31.2 Å². The van der Waals surface area contributed by atoms with Crippen LogP contribution in [-0.4, -0.2) is 15.7 Å². The van der Waals surface area contributed by atoms with Crippen LogP contribution in [0.25, 0.3) is 5.69 Å². The standard InChI is InChI=1S/C18H13F3IN3O/c1-11-9-16(23-17(26)14-7-2-3-8-15(14)22)25(24-11)13-6-4-5-12(10-13)18(19,20)21/h2-10H,1H3,(H,23,26).